The van der Waals surface area contributed by atoms with Crippen molar-refractivity contribution in [2.45, 2.75) is 45.3 Å². The summed E-state index contributed by atoms with van der Waals surface area (Å²) < 4.78 is 24.0. The Kier molecular flexibility index (Phi) is 4.70. The smallest absolute Gasteiger partial charge is 0.287 e. The first-order chi connectivity index (χ1) is 12.6. The molecule has 1 N–H and O–H groups in total. The first kappa shape index (κ1) is 17.1. The first-order valence-electron chi connectivity index (χ1n) is 9.36. The molecule has 2 aliphatic rings. The molecule has 0 aliphatic heterocycles. The highest BCUT2D eigenvalue weighted by Crippen LogP contribution is 2.49. The lowest BCUT2D eigenvalue weighted by Crippen LogP contribution is -2.40. The molecule has 4 atom stereocenters. The van der Waals surface area contributed by atoms with Crippen LogP contribution in [0, 0.1) is 23.6 Å². The number of nitrogens with one attached hydrogen (secondary N) is 1. The average Bonchev–Trinajstić information content (AvgIpc) is 3.37. The van der Waals surface area contributed by atoms with E-state index in [0.29, 0.717) is 23.2 Å². The fraction of sp³-hybridized carbons (Fsp3) is 0.476. The van der Waals surface area contributed by atoms with E-state index in [1.165, 1.54) is 37.8 Å². The summed E-state index contributed by atoms with van der Waals surface area (Å²) >= 11 is 0. The van der Waals surface area contributed by atoms with Gasteiger partial charge in [-0.2, -0.15) is 0 Å². The number of hydrogen-bond acceptors (Lipinski definition) is 3. The van der Waals surface area contributed by atoms with E-state index in [2.05, 4.69) is 12.2 Å². The van der Waals surface area contributed by atoms with E-state index in [1.807, 2.05) is 0 Å². The number of carbonyl (C=O) groups excluding carboxylic acids is 1. The Morgan fingerprint density at radius 3 is 2.73 bits per heavy atom. The Morgan fingerprint density at radius 2 is 2.04 bits per heavy atom. The number of halogens is 1. The summed E-state index contributed by atoms with van der Waals surface area (Å²) in [5, 5.41) is 3.10. The van der Waals surface area contributed by atoms with Crippen LogP contribution >= 0.6 is 0 Å². The quantitative estimate of drug-likeness (QED) is 0.825. The van der Waals surface area contributed by atoms with Gasteiger partial charge < -0.3 is 14.5 Å². The van der Waals surface area contributed by atoms with E-state index in [-0.39, 0.29) is 24.4 Å². The second-order valence-electron chi connectivity index (χ2n) is 7.61. The second-order valence-corrected chi connectivity index (χ2v) is 7.61. The van der Waals surface area contributed by atoms with Gasteiger partial charge in [0.1, 0.15) is 23.9 Å². The molecule has 1 aromatic carbocycles. The van der Waals surface area contributed by atoms with Gasteiger partial charge in [-0.25, -0.2) is 4.39 Å². The summed E-state index contributed by atoms with van der Waals surface area (Å²) in [7, 11) is 0. The molecule has 4 nitrogen and oxygen atoms in total. The Bertz CT molecular complexity index is 770. The van der Waals surface area contributed by atoms with Crippen molar-refractivity contribution < 1.29 is 18.3 Å². The molecular formula is C21H24FNO3. The van der Waals surface area contributed by atoms with E-state index in [9.17, 15) is 9.18 Å². The van der Waals surface area contributed by atoms with Crippen molar-refractivity contribution in [2.24, 2.45) is 17.8 Å². The summed E-state index contributed by atoms with van der Waals surface area (Å²) in [4.78, 5) is 12.5. The molecule has 5 heteroatoms. The molecule has 138 valence electrons. The minimum atomic E-state index is -0.307. The molecule has 0 radical (unpaired) electrons. The maximum Gasteiger partial charge on any atom is 0.287 e. The zero-order valence-electron chi connectivity index (χ0n) is 14.9. The van der Waals surface area contributed by atoms with Gasteiger partial charge in [0.2, 0.25) is 0 Å². The normalized spacial score (nSPS) is 25.2. The van der Waals surface area contributed by atoms with Crippen molar-refractivity contribution >= 4 is 5.91 Å². The van der Waals surface area contributed by atoms with Crippen molar-refractivity contribution in [3.63, 3.8) is 0 Å². The lowest BCUT2D eigenvalue weighted by atomic mass is 9.84. The highest BCUT2D eigenvalue weighted by molar-refractivity contribution is 5.91. The van der Waals surface area contributed by atoms with Crippen molar-refractivity contribution in [1.29, 1.82) is 0 Å². The third kappa shape index (κ3) is 3.62. The summed E-state index contributed by atoms with van der Waals surface area (Å²) in [6.07, 6.45) is 5.23. The number of rotatable bonds is 6. The van der Waals surface area contributed by atoms with Gasteiger partial charge in [0.25, 0.3) is 5.91 Å². The minimum Gasteiger partial charge on any atom is -0.486 e. The molecular weight excluding hydrogens is 333 g/mol. The average molecular weight is 357 g/mol. The molecule has 2 bridgehead atoms. The molecule has 4 rings (SSSR count). The molecule has 2 aliphatic carbocycles. The molecule has 0 saturated heterocycles. The van der Waals surface area contributed by atoms with Crippen molar-refractivity contribution in [1.82, 2.24) is 5.32 Å². The molecule has 1 amide bonds. The summed E-state index contributed by atoms with van der Waals surface area (Å²) in [5.74, 6) is 3.17. The molecule has 0 unspecified atom stereocenters. The van der Waals surface area contributed by atoms with Crippen LogP contribution in [0.3, 0.4) is 0 Å². The highest BCUT2D eigenvalue weighted by Gasteiger charge is 2.42. The second kappa shape index (κ2) is 7.14. The van der Waals surface area contributed by atoms with Gasteiger partial charge in [0.15, 0.2) is 5.76 Å². The van der Waals surface area contributed by atoms with Crippen LogP contribution in [-0.2, 0) is 6.61 Å². The number of amides is 1. The fourth-order valence-corrected chi connectivity index (χ4v) is 4.55. The van der Waals surface area contributed by atoms with E-state index in [1.54, 1.807) is 24.3 Å². The van der Waals surface area contributed by atoms with Gasteiger partial charge in [-0.3, -0.25) is 4.79 Å². The maximum atomic E-state index is 12.9. The minimum absolute atomic E-state index is 0.168. The monoisotopic (exact) mass is 357 g/mol. The standard InChI is InChI=1S/C21H24FNO3/c1-13(19-11-14-2-3-15(19)10-14)23-21(24)20-9-8-18(26-20)12-25-17-6-4-16(22)5-7-17/h4-9,13-15,19H,2-3,10-12H2,1H3,(H,23,24)/t13-,14+,15+,19+/m0/s1. The maximum absolute atomic E-state index is 12.9. The molecule has 2 aromatic rings. The van der Waals surface area contributed by atoms with E-state index in [0.717, 1.165) is 11.8 Å². The lowest BCUT2D eigenvalue weighted by molar-refractivity contribution is 0.0883. The molecule has 0 spiro atoms. The van der Waals surface area contributed by atoms with Crippen LogP contribution in [0.5, 0.6) is 5.75 Å². The van der Waals surface area contributed by atoms with Crippen molar-refractivity contribution in [2.75, 3.05) is 0 Å². The Morgan fingerprint density at radius 1 is 1.23 bits per heavy atom. The molecule has 2 saturated carbocycles. The van der Waals surface area contributed by atoms with Crippen molar-refractivity contribution in [3.05, 3.63) is 53.7 Å². The van der Waals surface area contributed by atoms with Gasteiger partial charge in [0.05, 0.1) is 0 Å². The molecule has 1 heterocycles. The van der Waals surface area contributed by atoms with Crippen LogP contribution < -0.4 is 10.1 Å². The Hall–Kier alpha value is -2.30. The highest BCUT2D eigenvalue weighted by atomic mass is 19.1. The number of furan rings is 1. The van der Waals surface area contributed by atoms with Crippen LogP contribution in [0.4, 0.5) is 4.39 Å². The predicted molar refractivity (Wildman–Crippen MR) is 95.3 cm³/mol. The molecule has 1 aromatic heterocycles. The number of carbonyl (C=O) groups is 1. The number of fused-ring (bicyclic) bond motifs is 2. The SMILES string of the molecule is C[C@H](NC(=O)c1ccc(COc2ccc(F)cc2)o1)[C@H]1C[C@@H]2CC[C@@H]1C2. The Balaban J connectivity index is 1.30. The number of benzene rings is 1. The summed E-state index contributed by atoms with van der Waals surface area (Å²) in [5.41, 5.74) is 0. The third-order valence-electron chi connectivity index (χ3n) is 5.87. The molecule has 2 fully saturated rings. The van der Waals surface area contributed by atoms with Crippen LogP contribution in [0.25, 0.3) is 0 Å². The molecule has 26 heavy (non-hydrogen) atoms. The zero-order valence-corrected chi connectivity index (χ0v) is 14.9. The zero-order chi connectivity index (χ0) is 18.1. The van der Waals surface area contributed by atoms with E-state index in [4.69, 9.17) is 9.15 Å². The van der Waals surface area contributed by atoms with Gasteiger partial charge in [0, 0.05) is 6.04 Å². The van der Waals surface area contributed by atoms with Crippen LogP contribution in [-0.4, -0.2) is 11.9 Å². The first-order valence-corrected chi connectivity index (χ1v) is 9.36. The van der Waals surface area contributed by atoms with Crippen molar-refractivity contribution in [3.8, 4) is 5.75 Å². The van der Waals surface area contributed by atoms with Crippen LogP contribution in [0.15, 0.2) is 40.8 Å². The van der Waals surface area contributed by atoms with Crippen LogP contribution in [0.1, 0.15) is 48.9 Å². The van der Waals surface area contributed by atoms with E-state index < -0.39 is 0 Å². The van der Waals surface area contributed by atoms with Gasteiger partial charge in [-0.1, -0.05) is 6.42 Å². The topological polar surface area (TPSA) is 51.5 Å². The number of hydrogen-bond donors (Lipinski definition) is 1. The fourth-order valence-electron chi connectivity index (χ4n) is 4.55. The number of ether oxygens (including phenoxy) is 1. The summed E-state index contributed by atoms with van der Waals surface area (Å²) in [6.45, 7) is 2.30. The Labute approximate surface area is 152 Å². The predicted octanol–water partition coefficient (Wildman–Crippen LogP) is 4.55. The van der Waals surface area contributed by atoms with Gasteiger partial charge >= 0.3 is 0 Å². The lowest BCUT2D eigenvalue weighted by Gasteiger charge is -2.28. The van der Waals surface area contributed by atoms with Gasteiger partial charge in [-0.15, -0.1) is 0 Å². The van der Waals surface area contributed by atoms with E-state index >= 15 is 0 Å². The third-order valence-corrected chi connectivity index (χ3v) is 5.87. The summed E-state index contributed by atoms with van der Waals surface area (Å²) in [6, 6.07) is 9.38. The van der Waals surface area contributed by atoms with Gasteiger partial charge in [-0.05, 0) is 80.3 Å². The largest absolute Gasteiger partial charge is 0.486 e. The van der Waals surface area contributed by atoms with Crippen LogP contribution in [0.2, 0.25) is 0 Å².